The van der Waals surface area contributed by atoms with Gasteiger partial charge in [0.25, 0.3) is 0 Å². The van der Waals surface area contributed by atoms with Crippen molar-refractivity contribution >= 4 is 34.0 Å². The van der Waals surface area contributed by atoms with Crippen molar-refractivity contribution in [2.75, 3.05) is 0 Å². The summed E-state index contributed by atoms with van der Waals surface area (Å²) < 4.78 is 0.910. The first-order chi connectivity index (χ1) is 8.78. The minimum Gasteiger partial charge on any atom is -0.343 e. The molecular formula is C13H16BrN3O2. The first-order valence-corrected chi connectivity index (χ1v) is 6.48. The molecule has 0 spiro atoms. The van der Waals surface area contributed by atoms with Crippen LogP contribution in [0.25, 0.3) is 0 Å². The van der Waals surface area contributed by atoms with Crippen molar-refractivity contribution in [2.45, 2.75) is 26.3 Å². The Bertz CT molecular complexity index is 507. The third-order valence-corrected chi connectivity index (χ3v) is 2.42. The van der Waals surface area contributed by atoms with E-state index >= 15 is 0 Å². The second kappa shape index (κ2) is 6.47. The van der Waals surface area contributed by atoms with E-state index in [4.69, 9.17) is 0 Å². The minimum absolute atomic E-state index is 0.456. The fourth-order valence-corrected chi connectivity index (χ4v) is 1.62. The lowest BCUT2D eigenvalue weighted by Gasteiger charge is -2.19. The van der Waals surface area contributed by atoms with Gasteiger partial charge in [-0.15, -0.1) is 0 Å². The average Bonchev–Trinajstić information content (AvgIpc) is 2.26. The second-order valence-electron chi connectivity index (χ2n) is 4.96. The fraction of sp³-hybridized carbons (Fsp3) is 0.308. The van der Waals surface area contributed by atoms with E-state index < -0.39 is 17.4 Å². The van der Waals surface area contributed by atoms with Gasteiger partial charge in [0.05, 0.1) is 6.21 Å². The van der Waals surface area contributed by atoms with E-state index in [-0.39, 0.29) is 0 Å². The molecule has 1 aromatic rings. The lowest BCUT2D eigenvalue weighted by molar-refractivity contribution is -0.140. The summed E-state index contributed by atoms with van der Waals surface area (Å²) in [4.78, 5) is 22.9. The Morgan fingerprint density at radius 1 is 1.26 bits per heavy atom. The van der Waals surface area contributed by atoms with Crippen molar-refractivity contribution in [1.29, 1.82) is 0 Å². The summed E-state index contributed by atoms with van der Waals surface area (Å²) in [5.41, 5.74) is 2.53. The molecule has 0 atom stereocenters. The van der Waals surface area contributed by atoms with Crippen LogP contribution in [0.15, 0.2) is 33.8 Å². The predicted octanol–water partition coefficient (Wildman–Crippen LogP) is 1.81. The van der Waals surface area contributed by atoms with Gasteiger partial charge < -0.3 is 5.32 Å². The van der Waals surface area contributed by atoms with Crippen LogP contribution in [0.3, 0.4) is 0 Å². The van der Waals surface area contributed by atoms with Gasteiger partial charge in [-0.2, -0.15) is 5.10 Å². The Labute approximate surface area is 120 Å². The molecule has 102 valence electrons. The van der Waals surface area contributed by atoms with Gasteiger partial charge in [0.1, 0.15) is 0 Å². The number of halogens is 1. The van der Waals surface area contributed by atoms with Crippen LogP contribution in [-0.4, -0.2) is 23.6 Å². The molecule has 19 heavy (non-hydrogen) atoms. The number of hydrogen-bond acceptors (Lipinski definition) is 3. The molecule has 0 aliphatic carbocycles. The maximum Gasteiger partial charge on any atom is 0.329 e. The minimum atomic E-state index is -0.791. The highest BCUT2D eigenvalue weighted by molar-refractivity contribution is 9.10. The Hall–Kier alpha value is -1.69. The van der Waals surface area contributed by atoms with Gasteiger partial charge in [-0.3, -0.25) is 9.59 Å². The number of benzene rings is 1. The molecular weight excluding hydrogens is 310 g/mol. The zero-order valence-electron chi connectivity index (χ0n) is 11.0. The van der Waals surface area contributed by atoms with Crippen molar-refractivity contribution in [3.05, 3.63) is 34.3 Å². The molecule has 0 aliphatic rings. The van der Waals surface area contributed by atoms with Crippen LogP contribution < -0.4 is 10.7 Å². The zero-order chi connectivity index (χ0) is 14.5. The number of hydrogen-bond donors (Lipinski definition) is 2. The summed E-state index contributed by atoms with van der Waals surface area (Å²) in [6.45, 7) is 5.38. The quantitative estimate of drug-likeness (QED) is 0.494. The smallest absolute Gasteiger partial charge is 0.329 e. The third-order valence-electron chi connectivity index (χ3n) is 1.92. The Morgan fingerprint density at radius 2 is 1.95 bits per heavy atom. The van der Waals surface area contributed by atoms with Gasteiger partial charge in [-0.1, -0.05) is 28.1 Å². The van der Waals surface area contributed by atoms with E-state index in [1.54, 1.807) is 20.8 Å². The van der Waals surface area contributed by atoms with Gasteiger partial charge in [0, 0.05) is 10.0 Å². The lowest BCUT2D eigenvalue weighted by atomic mass is 10.1. The summed E-state index contributed by atoms with van der Waals surface area (Å²) in [6.07, 6.45) is 1.47. The molecule has 6 heteroatoms. The molecule has 2 N–H and O–H groups in total. The maximum atomic E-state index is 11.5. The van der Waals surface area contributed by atoms with Crippen molar-refractivity contribution < 1.29 is 9.59 Å². The van der Waals surface area contributed by atoms with E-state index in [0.717, 1.165) is 10.0 Å². The molecule has 5 nitrogen and oxygen atoms in total. The molecule has 0 bridgehead atoms. The summed E-state index contributed by atoms with van der Waals surface area (Å²) in [5, 5.41) is 6.27. The highest BCUT2D eigenvalue weighted by Crippen LogP contribution is 2.09. The van der Waals surface area contributed by atoms with Crippen LogP contribution in [0.5, 0.6) is 0 Å². The normalized spacial score (nSPS) is 11.4. The van der Waals surface area contributed by atoms with E-state index in [2.05, 4.69) is 31.8 Å². The number of carbonyl (C=O) groups excluding carboxylic acids is 2. The first kappa shape index (κ1) is 15.4. The highest BCUT2D eigenvalue weighted by Gasteiger charge is 2.19. The van der Waals surface area contributed by atoms with Crippen LogP contribution in [0.1, 0.15) is 26.3 Å². The molecule has 0 fully saturated rings. The van der Waals surface area contributed by atoms with Crippen LogP contribution in [-0.2, 0) is 9.59 Å². The summed E-state index contributed by atoms with van der Waals surface area (Å²) >= 11 is 3.33. The predicted molar refractivity (Wildman–Crippen MR) is 77.8 cm³/mol. The van der Waals surface area contributed by atoms with Crippen LogP contribution in [0.4, 0.5) is 0 Å². The van der Waals surface area contributed by atoms with Gasteiger partial charge in [-0.05, 0) is 38.5 Å². The van der Waals surface area contributed by atoms with E-state index in [9.17, 15) is 9.59 Å². The van der Waals surface area contributed by atoms with E-state index in [1.165, 1.54) is 6.21 Å². The molecule has 0 radical (unpaired) electrons. The van der Waals surface area contributed by atoms with Crippen molar-refractivity contribution in [1.82, 2.24) is 10.7 Å². The van der Waals surface area contributed by atoms with E-state index in [0.29, 0.717) is 0 Å². The van der Waals surface area contributed by atoms with Crippen molar-refractivity contribution in [2.24, 2.45) is 5.10 Å². The van der Waals surface area contributed by atoms with Gasteiger partial charge >= 0.3 is 11.8 Å². The molecule has 1 aromatic carbocycles. The SMILES string of the molecule is CC(C)(C)NC(=O)C(=O)N/N=C/c1cccc(Br)c1. The van der Waals surface area contributed by atoms with Crippen LogP contribution >= 0.6 is 15.9 Å². The van der Waals surface area contributed by atoms with Crippen LogP contribution in [0, 0.1) is 0 Å². The fourth-order valence-electron chi connectivity index (χ4n) is 1.20. The summed E-state index contributed by atoms with van der Waals surface area (Å²) in [7, 11) is 0. The van der Waals surface area contributed by atoms with Gasteiger partial charge in [0.2, 0.25) is 0 Å². The number of rotatable bonds is 2. The Kier molecular flexibility index (Phi) is 5.23. The largest absolute Gasteiger partial charge is 0.343 e. The molecule has 0 aromatic heterocycles. The van der Waals surface area contributed by atoms with E-state index in [1.807, 2.05) is 24.3 Å². The number of carbonyl (C=O) groups is 2. The Morgan fingerprint density at radius 3 is 2.53 bits per heavy atom. The monoisotopic (exact) mass is 325 g/mol. The highest BCUT2D eigenvalue weighted by atomic mass is 79.9. The van der Waals surface area contributed by atoms with Crippen molar-refractivity contribution in [3.8, 4) is 0 Å². The number of nitrogens with one attached hydrogen (secondary N) is 2. The number of amides is 2. The van der Waals surface area contributed by atoms with Gasteiger partial charge in [-0.25, -0.2) is 5.43 Å². The molecule has 2 amide bonds. The topological polar surface area (TPSA) is 70.6 Å². The molecule has 0 unspecified atom stereocenters. The molecule has 0 heterocycles. The average molecular weight is 326 g/mol. The zero-order valence-corrected chi connectivity index (χ0v) is 12.6. The standard InChI is InChI=1S/C13H16BrN3O2/c1-13(2,3)16-11(18)12(19)17-15-8-9-5-4-6-10(14)7-9/h4-8H,1-3H3,(H,16,18)(H,17,19)/b15-8+. The number of hydrazone groups is 1. The van der Waals surface area contributed by atoms with Crippen molar-refractivity contribution in [3.63, 3.8) is 0 Å². The summed E-state index contributed by atoms with van der Waals surface area (Å²) in [6, 6.07) is 7.40. The molecule has 0 saturated heterocycles. The molecule has 0 saturated carbocycles. The lowest BCUT2D eigenvalue weighted by Crippen LogP contribution is -2.47. The maximum absolute atomic E-state index is 11.5. The summed E-state index contributed by atoms with van der Waals surface area (Å²) in [5.74, 6) is -1.50. The van der Waals surface area contributed by atoms with Gasteiger partial charge in [0.15, 0.2) is 0 Å². The number of nitrogens with zero attached hydrogens (tertiary/aromatic N) is 1. The first-order valence-electron chi connectivity index (χ1n) is 5.69. The molecule has 1 rings (SSSR count). The second-order valence-corrected chi connectivity index (χ2v) is 5.87. The Balaban J connectivity index is 2.53. The molecule has 0 aliphatic heterocycles. The van der Waals surface area contributed by atoms with Crippen LogP contribution in [0.2, 0.25) is 0 Å². The third kappa shape index (κ3) is 6.15.